The largest absolute Gasteiger partial charge is 0.394 e. The van der Waals surface area contributed by atoms with Gasteiger partial charge in [-0.25, -0.2) is 0 Å². The van der Waals surface area contributed by atoms with Gasteiger partial charge in [-0.15, -0.1) is 0 Å². The van der Waals surface area contributed by atoms with E-state index in [-0.39, 0.29) is 30.4 Å². The van der Waals surface area contributed by atoms with Gasteiger partial charge in [-0.3, -0.25) is 9.59 Å². The molecule has 41 heavy (non-hydrogen) atoms. The number of fused-ring (bicyclic) bond motifs is 5. The normalized spacial score (nSPS) is 18.4. The van der Waals surface area contributed by atoms with E-state index in [9.17, 15) is 14.7 Å². The van der Waals surface area contributed by atoms with Crippen LogP contribution in [0.3, 0.4) is 0 Å². The molecule has 3 atom stereocenters. The third-order valence-corrected chi connectivity index (χ3v) is 8.30. The molecule has 0 radical (unpaired) electrons. The monoisotopic (exact) mass is 553 g/mol. The molecule has 7 nitrogen and oxygen atoms in total. The molecule has 3 aromatic carbocycles. The lowest BCUT2D eigenvalue weighted by atomic mass is 9.96. The molecule has 0 unspecified atom stereocenters. The minimum Gasteiger partial charge on any atom is -0.394 e. The number of aromatic nitrogens is 1. The molecule has 214 valence electrons. The molecule has 2 heterocycles. The fraction of sp³-hybridized carbons (Fsp3) is 0.353. The zero-order valence-corrected chi connectivity index (χ0v) is 24.3. The van der Waals surface area contributed by atoms with Gasteiger partial charge in [-0.2, -0.15) is 0 Å². The average Bonchev–Trinajstić information content (AvgIpc) is 3.28. The van der Waals surface area contributed by atoms with Crippen LogP contribution in [-0.4, -0.2) is 70.2 Å². The number of amides is 2. The second-order valence-electron chi connectivity index (χ2n) is 11.2. The van der Waals surface area contributed by atoms with Crippen molar-refractivity contribution >= 4 is 22.7 Å². The summed E-state index contributed by atoms with van der Waals surface area (Å²) in [7, 11) is 3.74. The van der Waals surface area contributed by atoms with E-state index in [1.165, 1.54) is 0 Å². The third-order valence-electron chi connectivity index (χ3n) is 8.30. The highest BCUT2D eigenvalue weighted by molar-refractivity contribution is 6.10. The van der Waals surface area contributed by atoms with Crippen molar-refractivity contribution < 1.29 is 19.4 Å². The molecule has 0 saturated carbocycles. The van der Waals surface area contributed by atoms with E-state index in [4.69, 9.17) is 4.74 Å². The summed E-state index contributed by atoms with van der Waals surface area (Å²) in [5, 5.41) is 11.2. The van der Waals surface area contributed by atoms with E-state index < -0.39 is 6.04 Å². The highest BCUT2D eigenvalue weighted by atomic mass is 16.5. The highest BCUT2D eigenvalue weighted by Crippen LogP contribution is 2.38. The average molecular weight is 554 g/mol. The Hall–Kier alpha value is -3.94. The van der Waals surface area contributed by atoms with Crippen LogP contribution in [0, 0.1) is 5.92 Å². The lowest BCUT2D eigenvalue weighted by Gasteiger charge is -2.35. The Bertz CT molecular complexity index is 1530. The first-order valence-corrected chi connectivity index (χ1v) is 14.3. The number of hydrogen-bond donors (Lipinski definition) is 1. The number of aryl methyl sites for hydroxylation is 1. The number of ether oxygens (including phenoxy) is 1. The predicted molar refractivity (Wildman–Crippen MR) is 161 cm³/mol. The van der Waals surface area contributed by atoms with Crippen molar-refractivity contribution in [2.24, 2.45) is 13.0 Å². The maximum Gasteiger partial charge on any atom is 0.271 e. The van der Waals surface area contributed by atoms with Crippen LogP contribution in [0.5, 0.6) is 0 Å². The molecular formula is C34H39N3O4. The van der Waals surface area contributed by atoms with E-state index in [1.54, 1.807) is 9.80 Å². The van der Waals surface area contributed by atoms with Gasteiger partial charge in [0.1, 0.15) is 5.69 Å². The molecule has 0 aliphatic carbocycles. The molecule has 0 spiro atoms. The number of benzene rings is 3. The number of carbonyl (C=O) groups excluding carboxylic acids is 2. The molecule has 7 heteroatoms. The number of likely N-dealkylation sites (N-methyl/N-ethyl adjacent to an activating group) is 1. The van der Waals surface area contributed by atoms with Gasteiger partial charge in [0, 0.05) is 49.6 Å². The quantitative estimate of drug-likeness (QED) is 0.369. The van der Waals surface area contributed by atoms with E-state index in [1.807, 2.05) is 98.4 Å². The Morgan fingerprint density at radius 3 is 2.49 bits per heavy atom. The molecule has 0 fully saturated rings. The summed E-state index contributed by atoms with van der Waals surface area (Å²) in [6.45, 7) is 4.87. The van der Waals surface area contributed by atoms with Crippen LogP contribution in [0.4, 0.5) is 0 Å². The number of hydrogen-bond acceptors (Lipinski definition) is 4. The molecule has 1 aliphatic rings. The Kier molecular flexibility index (Phi) is 8.57. The first-order valence-electron chi connectivity index (χ1n) is 14.3. The highest BCUT2D eigenvalue weighted by Gasteiger charge is 2.33. The van der Waals surface area contributed by atoms with Crippen molar-refractivity contribution in [3.05, 3.63) is 95.7 Å². The summed E-state index contributed by atoms with van der Waals surface area (Å²) >= 11 is 0. The summed E-state index contributed by atoms with van der Waals surface area (Å²) in [5.74, 6) is -0.225. The van der Waals surface area contributed by atoms with Crippen LogP contribution < -0.4 is 0 Å². The third kappa shape index (κ3) is 5.78. The smallest absolute Gasteiger partial charge is 0.271 e. The molecule has 0 bridgehead atoms. The first-order chi connectivity index (χ1) is 19.8. The van der Waals surface area contributed by atoms with Gasteiger partial charge in [0.25, 0.3) is 5.91 Å². The van der Waals surface area contributed by atoms with Crippen LogP contribution in [-0.2, 0) is 29.6 Å². The number of nitrogens with zero attached hydrogens (tertiary/aromatic N) is 3. The van der Waals surface area contributed by atoms with Crippen molar-refractivity contribution in [3.63, 3.8) is 0 Å². The minimum absolute atomic E-state index is 0.0113. The van der Waals surface area contributed by atoms with Crippen molar-refractivity contribution in [3.8, 4) is 11.1 Å². The van der Waals surface area contributed by atoms with Crippen LogP contribution in [0.25, 0.3) is 22.0 Å². The van der Waals surface area contributed by atoms with Gasteiger partial charge >= 0.3 is 0 Å². The summed E-state index contributed by atoms with van der Waals surface area (Å²) in [6.07, 6.45) is -0.0116. The zero-order valence-electron chi connectivity index (χ0n) is 24.3. The van der Waals surface area contributed by atoms with Crippen molar-refractivity contribution in [1.82, 2.24) is 14.4 Å². The van der Waals surface area contributed by atoms with Gasteiger partial charge in [0.2, 0.25) is 5.91 Å². The number of rotatable bonds is 6. The molecule has 5 rings (SSSR count). The number of carbonyl (C=O) groups is 2. The SMILES string of the molecule is C[C@@H]1CN([C@@H](C)CO)C(=O)c2c(c3ccccc3n2C)-c2ccccc2CO[C@@H]1CN(C)C(=O)Cc1ccccc1. The van der Waals surface area contributed by atoms with Crippen LogP contribution in [0.1, 0.15) is 35.5 Å². The molecule has 4 aromatic rings. The summed E-state index contributed by atoms with van der Waals surface area (Å²) in [4.78, 5) is 31.1. The Morgan fingerprint density at radius 2 is 1.73 bits per heavy atom. The maximum absolute atomic E-state index is 14.4. The lowest BCUT2D eigenvalue weighted by molar-refractivity contribution is -0.132. The Balaban J connectivity index is 1.55. The fourth-order valence-corrected chi connectivity index (χ4v) is 5.80. The molecule has 1 aromatic heterocycles. The van der Waals surface area contributed by atoms with Crippen molar-refractivity contribution in [2.45, 2.75) is 39.0 Å². The minimum atomic E-state index is -0.398. The molecule has 1 aliphatic heterocycles. The lowest BCUT2D eigenvalue weighted by Crippen LogP contribution is -2.48. The first kappa shape index (κ1) is 28.6. The second-order valence-corrected chi connectivity index (χ2v) is 11.2. The number of para-hydroxylation sites is 1. The van der Waals surface area contributed by atoms with Crippen molar-refractivity contribution in [1.29, 1.82) is 0 Å². The molecule has 2 amide bonds. The maximum atomic E-state index is 14.4. The molecular weight excluding hydrogens is 514 g/mol. The van der Waals surface area contributed by atoms with Crippen LogP contribution in [0.2, 0.25) is 0 Å². The van der Waals surface area contributed by atoms with Crippen molar-refractivity contribution in [2.75, 3.05) is 26.7 Å². The topological polar surface area (TPSA) is 75.0 Å². The number of aliphatic hydroxyl groups excluding tert-OH is 1. The van der Waals surface area contributed by atoms with Gasteiger partial charge in [0.15, 0.2) is 0 Å². The number of aliphatic hydroxyl groups is 1. The van der Waals surface area contributed by atoms with E-state index in [2.05, 4.69) is 13.0 Å². The van der Waals surface area contributed by atoms with Gasteiger partial charge in [-0.1, -0.05) is 79.7 Å². The summed E-state index contributed by atoms with van der Waals surface area (Å²) < 4.78 is 8.58. The zero-order chi connectivity index (χ0) is 29.1. The van der Waals surface area contributed by atoms with Crippen LogP contribution >= 0.6 is 0 Å². The molecule has 0 saturated heterocycles. The predicted octanol–water partition coefficient (Wildman–Crippen LogP) is 4.90. The Labute approximate surface area is 242 Å². The van der Waals surface area contributed by atoms with Crippen LogP contribution in [0.15, 0.2) is 78.9 Å². The Morgan fingerprint density at radius 1 is 1.05 bits per heavy atom. The summed E-state index contributed by atoms with van der Waals surface area (Å²) in [5.41, 5.74) is 5.35. The van der Waals surface area contributed by atoms with E-state index in [0.29, 0.717) is 31.8 Å². The van der Waals surface area contributed by atoms with Gasteiger partial charge in [0.05, 0.1) is 31.8 Å². The summed E-state index contributed by atoms with van der Waals surface area (Å²) in [6, 6.07) is 25.4. The second kappa shape index (κ2) is 12.3. The van der Waals surface area contributed by atoms with E-state index in [0.717, 1.165) is 33.2 Å². The van der Waals surface area contributed by atoms with E-state index >= 15 is 0 Å². The molecule has 1 N–H and O–H groups in total. The fourth-order valence-electron chi connectivity index (χ4n) is 5.80. The van der Waals surface area contributed by atoms with Gasteiger partial charge < -0.3 is 24.2 Å². The van der Waals surface area contributed by atoms with Gasteiger partial charge in [-0.05, 0) is 29.7 Å². The standard InChI is InChI=1S/C34H39N3O4/c1-23-19-37(24(2)21-38)34(40)33-32(28-16-10-11-17-29(28)36(33)4)27-15-9-8-14-26(27)22-41-30(23)20-35(3)31(39)18-25-12-6-5-7-13-25/h5-17,23-24,30,38H,18-22H2,1-4H3/t23-,24+,30-/m1/s1.